The molecule has 0 aliphatic heterocycles. The predicted octanol–water partition coefficient (Wildman–Crippen LogP) is -0.284. The Balaban J connectivity index is 4.02. The van der Waals surface area contributed by atoms with Crippen LogP contribution in [0.3, 0.4) is 0 Å². The number of hydrogen-bond acceptors (Lipinski definition) is 3. The van der Waals surface area contributed by atoms with Crippen LogP contribution in [0.15, 0.2) is 0 Å². The van der Waals surface area contributed by atoms with Crippen LogP contribution in [0.1, 0.15) is 13.8 Å². The van der Waals surface area contributed by atoms with Gasteiger partial charge in [-0.25, -0.2) is 0 Å². The van der Waals surface area contributed by atoms with Crippen molar-refractivity contribution in [2.45, 2.75) is 13.8 Å². The smallest absolute Gasteiger partial charge is 0.231 e. The van der Waals surface area contributed by atoms with Gasteiger partial charge >= 0.3 is 0 Å². The fraction of sp³-hybridized carbons (Fsp3) is 0.750. The summed E-state index contributed by atoms with van der Waals surface area (Å²) in [6, 6.07) is 0. The lowest BCUT2D eigenvalue weighted by molar-refractivity contribution is -0.119. The summed E-state index contributed by atoms with van der Waals surface area (Å²) in [5.74, 6) is 0.116. The Bertz CT molecular complexity index is 178. The largest absolute Gasteiger partial charge is 0.392 e. The quantitative estimate of drug-likeness (QED) is 0.582. The van der Waals surface area contributed by atoms with Gasteiger partial charge in [-0.2, -0.15) is 0 Å². The third-order valence-electron chi connectivity index (χ3n) is 1.38. The molecule has 0 unspecified atom stereocenters. The number of rotatable bonds is 6. The van der Waals surface area contributed by atoms with Crippen LogP contribution in [-0.4, -0.2) is 35.4 Å². The van der Waals surface area contributed by atoms with Gasteiger partial charge in [0.2, 0.25) is 5.91 Å². The number of hydrogen-bond donors (Lipinski definition) is 2. The molecule has 5 heteroatoms. The molecular weight excluding hydrogens is 186 g/mol. The van der Waals surface area contributed by atoms with Gasteiger partial charge in [0.05, 0.1) is 11.5 Å². The van der Waals surface area contributed by atoms with E-state index in [0.29, 0.717) is 17.5 Å². The Morgan fingerprint density at radius 2 is 1.92 bits per heavy atom. The van der Waals surface area contributed by atoms with Gasteiger partial charge in [0.1, 0.15) is 0 Å². The van der Waals surface area contributed by atoms with Gasteiger partial charge in [0.15, 0.2) is 0 Å². The Morgan fingerprint density at radius 3 is 2.23 bits per heavy atom. The molecule has 0 aromatic heterocycles. The highest BCUT2D eigenvalue weighted by Gasteiger charge is 2.10. The van der Waals surface area contributed by atoms with Crippen LogP contribution in [-0.2, 0) is 4.79 Å². The number of amides is 1. The number of carbonyl (C=O) groups excluding carboxylic acids is 1. The first-order valence-corrected chi connectivity index (χ1v) is 4.61. The number of thiocarbonyl (C=S) groups is 1. The molecule has 0 heterocycles. The summed E-state index contributed by atoms with van der Waals surface area (Å²) in [6.07, 6.45) is 0. The zero-order valence-electron chi connectivity index (χ0n) is 8.12. The van der Waals surface area contributed by atoms with Crippen LogP contribution in [0, 0.1) is 5.92 Å². The van der Waals surface area contributed by atoms with E-state index in [-0.39, 0.29) is 12.5 Å². The van der Waals surface area contributed by atoms with E-state index in [1.54, 1.807) is 0 Å². The van der Waals surface area contributed by atoms with E-state index < -0.39 is 0 Å². The SMILES string of the molecule is CC(C)CN(CC(N)=O)CC(N)=S. The standard InChI is InChI=1S/C8H17N3OS/c1-6(2)3-11(4-7(9)12)5-8(10)13/h6H,3-5H2,1-2H3,(H2,9,12)(H2,10,13). The first kappa shape index (κ1) is 12.3. The van der Waals surface area contributed by atoms with Gasteiger partial charge in [0, 0.05) is 13.1 Å². The number of nitrogens with two attached hydrogens (primary N) is 2. The third kappa shape index (κ3) is 7.67. The minimum Gasteiger partial charge on any atom is -0.392 e. The Kier molecular flexibility index (Phi) is 5.57. The third-order valence-corrected chi connectivity index (χ3v) is 1.51. The molecular formula is C8H17N3OS. The van der Waals surface area contributed by atoms with E-state index >= 15 is 0 Å². The van der Waals surface area contributed by atoms with E-state index in [1.165, 1.54) is 0 Å². The molecule has 0 rings (SSSR count). The molecule has 0 aliphatic carbocycles. The molecule has 0 radical (unpaired) electrons. The molecule has 0 aromatic carbocycles. The van der Waals surface area contributed by atoms with Crippen molar-refractivity contribution in [3.8, 4) is 0 Å². The summed E-state index contributed by atoms with van der Waals surface area (Å²) < 4.78 is 0. The minimum absolute atomic E-state index is 0.218. The molecule has 0 atom stereocenters. The second-order valence-corrected chi connectivity index (χ2v) is 4.02. The second kappa shape index (κ2) is 5.88. The van der Waals surface area contributed by atoms with E-state index in [9.17, 15) is 4.79 Å². The summed E-state index contributed by atoms with van der Waals surface area (Å²) in [6.45, 7) is 5.58. The van der Waals surface area contributed by atoms with Crippen LogP contribution in [0.25, 0.3) is 0 Å². The van der Waals surface area contributed by atoms with Crippen LogP contribution in [0.5, 0.6) is 0 Å². The summed E-state index contributed by atoms with van der Waals surface area (Å²) in [4.78, 5) is 12.9. The maximum Gasteiger partial charge on any atom is 0.231 e. The van der Waals surface area contributed by atoms with E-state index in [1.807, 2.05) is 4.90 Å². The Labute approximate surface area is 84.3 Å². The van der Waals surface area contributed by atoms with Crippen LogP contribution in [0.2, 0.25) is 0 Å². The van der Waals surface area contributed by atoms with Gasteiger partial charge in [-0.3, -0.25) is 9.69 Å². The van der Waals surface area contributed by atoms with E-state index in [2.05, 4.69) is 13.8 Å². The number of primary amides is 1. The van der Waals surface area contributed by atoms with Crippen LogP contribution < -0.4 is 11.5 Å². The normalized spacial score (nSPS) is 10.8. The van der Waals surface area contributed by atoms with Crippen molar-refractivity contribution < 1.29 is 4.79 Å². The first-order chi connectivity index (χ1) is 5.91. The van der Waals surface area contributed by atoms with E-state index in [4.69, 9.17) is 23.7 Å². The Morgan fingerprint density at radius 1 is 1.38 bits per heavy atom. The lowest BCUT2D eigenvalue weighted by atomic mass is 10.2. The summed E-state index contributed by atoms with van der Waals surface area (Å²) in [5, 5.41) is 0. The van der Waals surface area contributed by atoms with E-state index in [0.717, 1.165) is 6.54 Å². The fourth-order valence-corrected chi connectivity index (χ4v) is 1.32. The predicted molar refractivity (Wildman–Crippen MR) is 57.3 cm³/mol. The van der Waals surface area contributed by atoms with Crippen molar-refractivity contribution in [3.05, 3.63) is 0 Å². The average molecular weight is 203 g/mol. The van der Waals surface area contributed by atoms with Crippen LogP contribution in [0.4, 0.5) is 0 Å². The van der Waals surface area contributed by atoms with Gasteiger partial charge in [-0.1, -0.05) is 26.1 Å². The molecule has 4 N–H and O–H groups in total. The molecule has 4 nitrogen and oxygen atoms in total. The van der Waals surface area contributed by atoms with Crippen molar-refractivity contribution in [2.24, 2.45) is 17.4 Å². The molecule has 0 saturated carbocycles. The number of nitrogens with zero attached hydrogens (tertiary/aromatic N) is 1. The maximum atomic E-state index is 10.7. The summed E-state index contributed by atoms with van der Waals surface area (Å²) in [5.41, 5.74) is 10.5. The molecule has 1 amide bonds. The zero-order valence-corrected chi connectivity index (χ0v) is 8.93. The highest BCUT2D eigenvalue weighted by Crippen LogP contribution is 1.97. The molecule has 0 bridgehead atoms. The van der Waals surface area contributed by atoms with Crippen molar-refractivity contribution in [3.63, 3.8) is 0 Å². The highest BCUT2D eigenvalue weighted by atomic mass is 32.1. The zero-order chi connectivity index (χ0) is 10.4. The van der Waals surface area contributed by atoms with Gasteiger partial charge in [0.25, 0.3) is 0 Å². The molecule has 0 saturated heterocycles. The number of carbonyl (C=O) groups is 1. The maximum absolute atomic E-state index is 10.7. The topological polar surface area (TPSA) is 72.3 Å². The summed E-state index contributed by atoms with van der Waals surface area (Å²) in [7, 11) is 0. The fourth-order valence-electron chi connectivity index (χ4n) is 1.14. The van der Waals surface area contributed by atoms with Gasteiger partial charge in [-0.15, -0.1) is 0 Å². The molecule has 76 valence electrons. The minimum atomic E-state index is -0.350. The summed E-state index contributed by atoms with van der Waals surface area (Å²) >= 11 is 4.76. The van der Waals surface area contributed by atoms with Crippen molar-refractivity contribution >= 4 is 23.1 Å². The molecule has 0 spiro atoms. The lowest BCUT2D eigenvalue weighted by Gasteiger charge is -2.21. The Hall–Kier alpha value is -0.680. The molecule has 0 aromatic rings. The van der Waals surface area contributed by atoms with Crippen molar-refractivity contribution in [2.75, 3.05) is 19.6 Å². The molecule has 0 aliphatic rings. The van der Waals surface area contributed by atoms with Crippen molar-refractivity contribution in [1.29, 1.82) is 0 Å². The van der Waals surface area contributed by atoms with Crippen molar-refractivity contribution in [1.82, 2.24) is 4.90 Å². The monoisotopic (exact) mass is 203 g/mol. The van der Waals surface area contributed by atoms with Crippen LogP contribution >= 0.6 is 12.2 Å². The molecule has 13 heavy (non-hydrogen) atoms. The highest BCUT2D eigenvalue weighted by molar-refractivity contribution is 7.80. The van der Waals surface area contributed by atoms with Gasteiger partial charge in [-0.05, 0) is 5.92 Å². The average Bonchev–Trinajstić information content (AvgIpc) is 1.80. The first-order valence-electron chi connectivity index (χ1n) is 4.20. The molecule has 0 fully saturated rings. The second-order valence-electron chi connectivity index (χ2n) is 3.50. The lowest BCUT2D eigenvalue weighted by Crippen LogP contribution is -2.40. The van der Waals surface area contributed by atoms with Gasteiger partial charge < -0.3 is 11.5 Å².